The van der Waals surface area contributed by atoms with Gasteiger partial charge in [0, 0.05) is 18.7 Å². The summed E-state index contributed by atoms with van der Waals surface area (Å²) in [5, 5.41) is 11.8. The highest BCUT2D eigenvalue weighted by Crippen LogP contribution is 2.21. The van der Waals surface area contributed by atoms with Crippen molar-refractivity contribution in [2.24, 2.45) is 0 Å². The second kappa shape index (κ2) is 7.86. The van der Waals surface area contributed by atoms with Crippen LogP contribution in [0.5, 0.6) is 0 Å². The van der Waals surface area contributed by atoms with Crippen LogP contribution in [0.4, 0.5) is 4.39 Å². The largest absolute Gasteiger partial charge is 0.333 e. The highest BCUT2D eigenvalue weighted by molar-refractivity contribution is 7.89. The van der Waals surface area contributed by atoms with E-state index in [1.165, 1.54) is 52.8 Å². The Morgan fingerprint density at radius 2 is 1.67 bits per heavy atom. The SMILES string of the molecule is N#C[C@H](NC(=O)c1ccc(S(=O)(=O)N2CCCC2)cc1)c1ccc(F)cc1. The molecule has 2 aromatic carbocycles. The fourth-order valence-corrected chi connectivity index (χ4v) is 4.43. The molecule has 0 spiro atoms. The van der Waals surface area contributed by atoms with Crippen LogP contribution in [-0.2, 0) is 10.0 Å². The summed E-state index contributed by atoms with van der Waals surface area (Å²) in [6.45, 7) is 1.01. The first-order chi connectivity index (χ1) is 12.9. The molecule has 1 heterocycles. The smallest absolute Gasteiger partial charge is 0.252 e. The maximum absolute atomic E-state index is 13.0. The average molecular weight is 387 g/mol. The molecule has 2 aromatic rings. The summed E-state index contributed by atoms with van der Waals surface area (Å²) in [5.41, 5.74) is 0.693. The average Bonchev–Trinajstić information content (AvgIpc) is 3.22. The minimum absolute atomic E-state index is 0.135. The number of benzene rings is 2. The van der Waals surface area contributed by atoms with E-state index in [0.717, 1.165) is 12.8 Å². The highest BCUT2D eigenvalue weighted by atomic mass is 32.2. The van der Waals surface area contributed by atoms with Crippen LogP contribution >= 0.6 is 0 Å². The van der Waals surface area contributed by atoms with Crippen molar-refractivity contribution in [3.05, 3.63) is 65.5 Å². The highest BCUT2D eigenvalue weighted by Gasteiger charge is 2.27. The third-order valence-electron chi connectivity index (χ3n) is 4.43. The minimum atomic E-state index is -3.54. The molecule has 6 nitrogen and oxygen atoms in total. The summed E-state index contributed by atoms with van der Waals surface area (Å²) < 4.78 is 39.4. The monoisotopic (exact) mass is 387 g/mol. The Morgan fingerprint density at radius 3 is 2.22 bits per heavy atom. The van der Waals surface area contributed by atoms with Crippen molar-refractivity contribution in [1.82, 2.24) is 9.62 Å². The maximum Gasteiger partial charge on any atom is 0.252 e. The fraction of sp³-hybridized carbons (Fsp3) is 0.263. The standard InChI is InChI=1S/C19H18FN3O3S/c20-16-7-3-14(4-8-16)18(13-21)22-19(24)15-5-9-17(10-6-15)27(25,26)23-11-1-2-12-23/h3-10,18H,1-2,11-12H2,(H,22,24)/t18-/m0/s1. The zero-order chi connectivity index (χ0) is 19.4. The Balaban J connectivity index is 1.73. The second-order valence-electron chi connectivity index (χ2n) is 6.22. The fourth-order valence-electron chi connectivity index (χ4n) is 2.92. The van der Waals surface area contributed by atoms with E-state index in [2.05, 4.69) is 5.32 Å². The minimum Gasteiger partial charge on any atom is -0.333 e. The van der Waals surface area contributed by atoms with Crippen LogP contribution in [0, 0.1) is 17.1 Å². The van der Waals surface area contributed by atoms with Gasteiger partial charge in [0.1, 0.15) is 11.9 Å². The number of nitrogens with one attached hydrogen (secondary N) is 1. The van der Waals surface area contributed by atoms with Gasteiger partial charge in [-0.2, -0.15) is 9.57 Å². The first-order valence-electron chi connectivity index (χ1n) is 8.48. The van der Waals surface area contributed by atoms with Gasteiger partial charge < -0.3 is 5.32 Å². The number of nitriles is 1. The molecule has 27 heavy (non-hydrogen) atoms. The number of hydrogen-bond acceptors (Lipinski definition) is 4. The molecule has 1 fully saturated rings. The molecule has 0 radical (unpaired) electrons. The number of amides is 1. The number of rotatable bonds is 5. The van der Waals surface area contributed by atoms with Crippen LogP contribution in [-0.4, -0.2) is 31.7 Å². The molecule has 8 heteroatoms. The predicted octanol–water partition coefficient (Wildman–Crippen LogP) is 2.60. The van der Waals surface area contributed by atoms with Gasteiger partial charge in [-0.05, 0) is 54.8 Å². The first kappa shape index (κ1) is 19.0. The predicted molar refractivity (Wildman–Crippen MR) is 96.7 cm³/mol. The number of carbonyl (C=O) groups excluding carboxylic acids is 1. The summed E-state index contributed by atoms with van der Waals surface area (Å²) in [5.74, 6) is -0.951. The summed E-state index contributed by atoms with van der Waals surface area (Å²) in [6.07, 6.45) is 1.69. The molecule has 1 atom stereocenters. The van der Waals surface area contributed by atoms with Crippen LogP contribution in [0.3, 0.4) is 0 Å². The quantitative estimate of drug-likeness (QED) is 0.854. The van der Waals surface area contributed by atoms with E-state index >= 15 is 0 Å². The number of hydrogen-bond donors (Lipinski definition) is 1. The van der Waals surface area contributed by atoms with E-state index in [1.54, 1.807) is 0 Å². The molecule has 0 aliphatic carbocycles. The molecule has 1 saturated heterocycles. The van der Waals surface area contributed by atoms with Crippen LogP contribution in [0.15, 0.2) is 53.4 Å². The van der Waals surface area contributed by atoms with E-state index in [4.69, 9.17) is 0 Å². The van der Waals surface area contributed by atoms with E-state index in [-0.39, 0.29) is 10.5 Å². The van der Waals surface area contributed by atoms with Crippen molar-refractivity contribution in [1.29, 1.82) is 5.26 Å². The van der Waals surface area contributed by atoms with E-state index in [9.17, 15) is 22.9 Å². The molecule has 1 amide bonds. The van der Waals surface area contributed by atoms with Gasteiger partial charge in [0.15, 0.2) is 0 Å². The topological polar surface area (TPSA) is 90.3 Å². The van der Waals surface area contributed by atoms with Gasteiger partial charge in [-0.1, -0.05) is 12.1 Å². The van der Waals surface area contributed by atoms with Crippen molar-refractivity contribution in [2.75, 3.05) is 13.1 Å². The van der Waals surface area contributed by atoms with Crippen molar-refractivity contribution in [2.45, 2.75) is 23.8 Å². The van der Waals surface area contributed by atoms with Gasteiger partial charge >= 0.3 is 0 Å². The van der Waals surface area contributed by atoms with Gasteiger partial charge in [-0.15, -0.1) is 0 Å². The summed E-state index contributed by atoms with van der Waals surface area (Å²) in [6, 6.07) is 11.9. The lowest BCUT2D eigenvalue weighted by molar-refractivity contribution is 0.0945. The van der Waals surface area contributed by atoms with Crippen LogP contribution in [0.25, 0.3) is 0 Å². The van der Waals surface area contributed by atoms with Crippen LogP contribution in [0.2, 0.25) is 0 Å². The summed E-state index contributed by atoms with van der Waals surface area (Å²) in [7, 11) is -3.54. The van der Waals surface area contributed by atoms with E-state index < -0.39 is 27.8 Å². The molecule has 1 N–H and O–H groups in total. The first-order valence-corrected chi connectivity index (χ1v) is 9.92. The molecule has 1 aliphatic rings. The van der Waals surface area contributed by atoms with E-state index in [1.807, 2.05) is 6.07 Å². The molecule has 0 bridgehead atoms. The Hall–Kier alpha value is -2.76. The van der Waals surface area contributed by atoms with Gasteiger partial charge in [0.2, 0.25) is 10.0 Å². The zero-order valence-electron chi connectivity index (χ0n) is 14.4. The molecular weight excluding hydrogens is 369 g/mol. The second-order valence-corrected chi connectivity index (χ2v) is 8.16. The molecule has 140 valence electrons. The Labute approximate surface area is 157 Å². The molecule has 0 unspecified atom stereocenters. The van der Waals surface area contributed by atoms with E-state index in [0.29, 0.717) is 18.7 Å². The van der Waals surface area contributed by atoms with Gasteiger partial charge in [-0.25, -0.2) is 12.8 Å². The molecular formula is C19H18FN3O3S. The zero-order valence-corrected chi connectivity index (χ0v) is 15.2. The van der Waals surface area contributed by atoms with Crippen LogP contribution in [0.1, 0.15) is 34.8 Å². The number of halogens is 1. The molecule has 0 aromatic heterocycles. The van der Waals surface area contributed by atoms with Crippen molar-refractivity contribution < 1.29 is 17.6 Å². The normalized spacial score (nSPS) is 15.9. The Kier molecular flexibility index (Phi) is 5.54. The third kappa shape index (κ3) is 4.15. The molecule has 3 rings (SSSR count). The number of sulfonamides is 1. The maximum atomic E-state index is 13.0. The van der Waals surface area contributed by atoms with Gasteiger partial charge in [-0.3, -0.25) is 4.79 Å². The lowest BCUT2D eigenvalue weighted by Gasteiger charge is -2.16. The van der Waals surface area contributed by atoms with Crippen molar-refractivity contribution in [3.8, 4) is 6.07 Å². The van der Waals surface area contributed by atoms with Crippen LogP contribution < -0.4 is 5.32 Å². The summed E-state index contributed by atoms with van der Waals surface area (Å²) >= 11 is 0. The van der Waals surface area contributed by atoms with Crippen molar-refractivity contribution >= 4 is 15.9 Å². The molecule has 0 saturated carbocycles. The lowest BCUT2D eigenvalue weighted by Crippen LogP contribution is -2.29. The van der Waals surface area contributed by atoms with Crippen molar-refractivity contribution in [3.63, 3.8) is 0 Å². The number of carbonyl (C=O) groups is 1. The van der Waals surface area contributed by atoms with Gasteiger partial charge in [0.25, 0.3) is 5.91 Å². The molecule has 1 aliphatic heterocycles. The van der Waals surface area contributed by atoms with Gasteiger partial charge in [0.05, 0.1) is 11.0 Å². The Bertz CT molecular complexity index is 961. The third-order valence-corrected chi connectivity index (χ3v) is 6.34. The lowest BCUT2D eigenvalue weighted by atomic mass is 10.1. The Morgan fingerprint density at radius 1 is 1.07 bits per heavy atom. The summed E-state index contributed by atoms with van der Waals surface area (Å²) in [4.78, 5) is 12.5. The number of nitrogens with zero attached hydrogens (tertiary/aromatic N) is 2.